The molecule has 1 aliphatic heterocycles. The van der Waals surface area contributed by atoms with Gasteiger partial charge in [0.15, 0.2) is 0 Å². The lowest BCUT2D eigenvalue weighted by Crippen LogP contribution is -2.32. The number of carbonyl (C=O) groups is 3. The lowest BCUT2D eigenvalue weighted by molar-refractivity contribution is -0.123. The van der Waals surface area contributed by atoms with Crippen molar-refractivity contribution < 1.29 is 23.2 Å². The summed E-state index contributed by atoms with van der Waals surface area (Å²) in [5.41, 5.74) is 0.652. The summed E-state index contributed by atoms with van der Waals surface area (Å²) < 4.78 is 26.5. The van der Waals surface area contributed by atoms with Gasteiger partial charge in [0.05, 0.1) is 17.5 Å². The van der Waals surface area contributed by atoms with Gasteiger partial charge in [0.1, 0.15) is 11.6 Å². The highest BCUT2D eigenvalue weighted by Crippen LogP contribution is 2.53. The van der Waals surface area contributed by atoms with E-state index < -0.39 is 17.5 Å². The summed E-state index contributed by atoms with van der Waals surface area (Å²) in [6.07, 6.45) is 4.92. The number of anilines is 2. The van der Waals surface area contributed by atoms with Crippen molar-refractivity contribution in [3.05, 3.63) is 71.8 Å². The van der Waals surface area contributed by atoms with Crippen LogP contribution < -0.4 is 10.2 Å². The first-order chi connectivity index (χ1) is 13.9. The zero-order valence-corrected chi connectivity index (χ0v) is 15.1. The number of hydrogen-bond donors (Lipinski definition) is 1. The van der Waals surface area contributed by atoms with Crippen LogP contribution in [0, 0.1) is 35.3 Å². The average Bonchev–Trinajstić information content (AvgIpc) is 3.35. The number of rotatable bonds is 3. The third-order valence-corrected chi connectivity index (χ3v) is 5.98. The predicted molar refractivity (Wildman–Crippen MR) is 101 cm³/mol. The minimum atomic E-state index is -0.796. The van der Waals surface area contributed by atoms with Crippen LogP contribution in [-0.4, -0.2) is 17.7 Å². The average molecular weight is 394 g/mol. The molecule has 29 heavy (non-hydrogen) atoms. The summed E-state index contributed by atoms with van der Waals surface area (Å²) in [5, 5.41) is 2.42. The minimum absolute atomic E-state index is 0.00252. The maximum Gasteiger partial charge on any atom is 0.255 e. The highest BCUT2D eigenvalue weighted by molar-refractivity contribution is 6.23. The molecule has 0 radical (unpaired) electrons. The number of imide groups is 1. The van der Waals surface area contributed by atoms with Gasteiger partial charge in [-0.3, -0.25) is 19.3 Å². The highest BCUT2D eigenvalue weighted by Gasteiger charge is 2.59. The number of halogens is 2. The first kappa shape index (κ1) is 17.7. The van der Waals surface area contributed by atoms with Gasteiger partial charge in [-0.25, -0.2) is 8.78 Å². The Bertz CT molecular complexity index is 1030. The number of amides is 3. The monoisotopic (exact) mass is 394 g/mol. The second-order valence-electron chi connectivity index (χ2n) is 7.67. The molecule has 4 atom stereocenters. The summed E-state index contributed by atoms with van der Waals surface area (Å²) in [7, 11) is 0. The molecule has 146 valence electrons. The van der Waals surface area contributed by atoms with Gasteiger partial charge in [0.2, 0.25) is 11.8 Å². The van der Waals surface area contributed by atoms with Crippen LogP contribution >= 0.6 is 0 Å². The van der Waals surface area contributed by atoms with Crippen LogP contribution in [0.4, 0.5) is 20.2 Å². The lowest BCUT2D eigenvalue weighted by Gasteiger charge is -2.17. The summed E-state index contributed by atoms with van der Waals surface area (Å²) in [6.45, 7) is 0. The SMILES string of the molecule is O=C(Nc1cc(F)cc(F)c1)c1ccc(N2C(=O)[C@@H]3[C@H](C2=O)[C@@H]2C=C[C@H]3C2)cc1. The Morgan fingerprint density at radius 1 is 0.897 bits per heavy atom. The van der Waals surface area contributed by atoms with E-state index in [1.54, 1.807) is 0 Å². The standard InChI is InChI=1S/C22H16F2N2O3/c23-14-8-15(24)10-16(9-14)25-20(27)11-3-5-17(6-4-11)26-21(28)18-12-1-2-13(7-12)19(18)22(26)29/h1-6,8-10,12-13,18-19H,7H2,(H,25,27)/t12-,13+,18-,19+. The molecule has 3 aliphatic rings. The first-order valence-corrected chi connectivity index (χ1v) is 9.36. The van der Waals surface area contributed by atoms with Gasteiger partial charge >= 0.3 is 0 Å². The molecule has 2 aromatic rings. The van der Waals surface area contributed by atoms with E-state index in [2.05, 4.69) is 5.32 Å². The Labute approximate surface area is 165 Å². The van der Waals surface area contributed by atoms with Gasteiger partial charge in [-0.15, -0.1) is 0 Å². The van der Waals surface area contributed by atoms with Crippen molar-refractivity contribution in [2.24, 2.45) is 23.7 Å². The Morgan fingerprint density at radius 3 is 2.00 bits per heavy atom. The van der Waals surface area contributed by atoms with Crippen molar-refractivity contribution in [1.29, 1.82) is 0 Å². The Hall–Kier alpha value is -3.35. The zero-order valence-electron chi connectivity index (χ0n) is 15.1. The van der Waals surface area contributed by atoms with Gasteiger partial charge in [-0.2, -0.15) is 0 Å². The Kier molecular flexibility index (Phi) is 3.87. The molecule has 0 spiro atoms. The molecule has 1 saturated carbocycles. The largest absolute Gasteiger partial charge is 0.322 e. The van der Waals surface area contributed by atoms with E-state index >= 15 is 0 Å². The van der Waals surface area contributed by atoms with Crippen LogP contribution in [-0.2, 0) is 9.59 Å². The van der Waals surface area contributed by atoms with E-state index in [1.807, 2.05) is 12.2 Å². The number of allylic oxidation sites excluding steroid dienone is 2. The van der Waals surface area contributed by atoms with Gasteiger partial charge in [0, 0.05) is 17.3 Å². The quantitative estimate of drug-likeness (QED) is 0.640. The highest BCUT2D eigenvalue weighted by atomic mass is 19.1. The van der Waals surface area contributed by atoms with Crippen molar-refractivity contribution in [2.45, 2.75) is 6.42 Å². The van der Waals surface area contributed by atoms with Crippen LogP contribution in [0.2, 0.25) is 0 Å². The number of hydrogen-bond acceptors (Lipinski definition) is 3. The first-order valence-electron chi connectivity index (χ1n) is 9.36. The van der Waals surface area contributed by atoms with Crippen LogP contribution in [0.5, 0.6) is 0 Å². The molecule has 0 unspecified atom stereocenters. The molecular weight excluding hydrogens is 378 g/mol. The van der Waals surface area contributed by atoms with E-state index in [9.17, 15) is 23.2 Å². The third-order valence-electron chi connectivity index (χ3n) is 5.98. The topological polar surface area (TPSA) is 66.5 Å². The van der Waals surface area contributed by atoms with Crippen molar-refractivity contribution in [2.75, 3.05) is 10.2 Å². The van der Waals surface area contributed by atoms with Crippen molar-refractivity contribution in [3.8, 4) is 0 Å². The predicted octanol–water partition coefficient (Wildman–Crippen LogP) is 3.53. The Balaban J connectivity index is 1.35. The van der Waals surface area contributed by atoms with E-state index in [1.165, 1.54) is 29.2 Å². The normalized spacial score (nSPS) is 26.9. The fourth-order valence-electron chi connectivity index (χ4n) is 4.75. The number of benzene rings is 2. The number of carbonyl (C=O) groups excluding carboxylic acids is 3. The smallest absolute Gasteiger partial charge is 0.255 e. The van der Waals surface area contributed by atoms with Crippen molar-refractivity contribution >= 4 is 29.1 Å². The van der Waals surface area contributed by atoms with Crippen molar-refractivity contribution in [3.63, 3.8) is 0 Å². The molecule has 1 N–H and O–H groups in total. The molecule has 7 heteroatoms. The number of fused-ring (bicyclic) bond motifs is 5. The summed E-state index contributed by atoms with van der Waals surface area (Å²) >= 11 is 0. The van der Waals surface area contributed by atoms with E-state index in [0.29, 0.717) is 11.8 Å². The molecule has 2 aromatic carbocycles. The van der Waals surface area contributed by atoms with E-state index in [-0.39, 0.29) is 46.7 Å². The lowest BCUT2D eigenvalue weighted by atomic mass is 9.85. The molecule has 5 nitrogen and oxygen atoms in total. The molecular formula is C22H16F2N2O3. The van der Waals surface area contributed by atoms with Crippen LogP contribution in [0.25, 0.3) is 0 Å². The molecule has 1 heterocycles. The second kappa shape index (κ2) is 6.34. The zero-order chi connectivity index (χ0) is 20.3. The molecule has 2 bridgehead atoms. The molecule has 2 aliphatic carbocycles. The Morgan fingerprint density at radius 2 is 1.45 bits per heavy atom. The third kappa shape index (κ3) is 2.76. The van der Waals surface area contributed by atoms with Gasteiger partial charge in [-0.05, 0) is 54.7 Å². The molecule has 3 amide bonds. The van der Waals surface area contributed by atoms with Crippen LogP contribution in [0.3, 0.4) is 0 Å². The van der Waals surface area contributed by atoms with E-state index in [4.69, 9.17) is 0 Å². The van der Waals surface area contributed by atoms with Gasteiger partial charge in [0.25, 0.3) is 5.91 Å². The van der Waals surface area contributed by atoms with Crippen molar-refractivity contribution in [1.82, 2.24) is 0 Å². The molecule has 0 aromatic heterocycles. The van der Waals surface area contributed by atoms with Crippen LogP contribution in [0.15, 0.2) is 54.6 Å². The van der Waals surface area contributed by atoms with Crippen LogP contribution in [0.1, 0.15) is 16.8 Å². The molecule has 5 rings (SSSR count). The second-order valence-corrected chi connectivity index (χ2v) is 7.67. The van der Waals surface area contributed by atoms with E-state index in [0.717, 1.165) is 18.6 Å². The van der Waals surface area contributed by atoms with Gasteiger partial charge < -0.3 is 5.32 Å². The maximum atomic E-state index is 13.3. The fourth-order valence-corrected chi connectivity index (χ4v) is 4.75. The molecule has 2 fully saturated rings. The van der Waals surface area contributed by atoms with Gasteiger partial charge in [-0.1, -0.05) is 12.2 Å². The fraction of sp³-hybridized carbons (Fsp3) is 0.227. The number of nitrogens with zero attached hydrogens (tertiary/aromatic N) is 1. The minimum Gasteiger partial charge on any atom is -0.322 e. The molecule has 1 saturated heterocycles. The summed E-state index contributed by atoms with van der Waals surface area (Å²) in [4.78, 5) is 39.2. The summed E-state index contributed by atoms with van der Waals surface area (Å²) in [5.74, 6) is -2.85. The summed E-state index contributed by atoms with van der Waals surface area (Å²) in [6, 6.07) is 8.76. The number of nitrogens with one attached hydrogen (secondary N) is 1. The maximum absolute atomic E-state index is 13.3.